The molecule has 0 saturated heterocycles. The van der Waals surface area contributed by atoms with Gasteiger partial charge in [0.25, 0.3) is 0 Å². The van der Waals surface area contributed by atoms with Gasteiger partial charge in [0.2, 0.25) is 0 Å². The van der Waals surface area contributed by atoms with Gasteiger partial charge in [-0.15, -0.1) is 0 Å². The molecule has 5 rings (SSSR count). The van der Waals surface area contributed by atoms with Gasteiger partial charge in [0.15, 0.2) is 11.3 Å². The van der Waals surface area contributed by atoms with Crippen LogP contribution in [0.3, 0.4) is 0 Å². The first-order valence-electron chi connectivity index (χ1n) is 11.3. The van der Waals surface area contributed by atoms with Gasteiger partial charge in [-0.1, -0.05) is 60.7 Å². The zero-order valence-electron chi connectivity index (χ0n) is 19.4. The summed E-state index contributed by atoms with van der Waals surface area (Å²) in [4.78, 5) is 27.0. The molecular formula is C28H24N2O5. The van der Waals surface area contributed by atoms with E-state index >= 15 is 0 Å². The Kier molecular flexibility index (Phi) is 5.82. The fourth-order valence-corrected chi connectivity index (χ4v) is 4.56. The summed E-state index contributed by atoms with van der Waals surface area (Å²) in [5, 5.41) is 6.26. The van der Waals surface area contributed by atoms with Crippen molar-refractivity contribution in [2.45, 2.75) is 18.4 Å². The van der Waals surface area contributed by atoms with Crippen LogP contribution >= 0.6 is 0 Å². The largest absolute Gasteiger partial charge is 0.497 e. The Bertz CT molecular complexity index is 1300. The Morgan fingerprint density at radius 2 is 1.66 bits per heavy atom. The first-order valence-corrected chi connectivity index (χ1v) is 11.3. The van der Waals surface area contributed by atoms with E-state index in [0.29, 0.717) is 17.2 Å². The van der Waals surface area contributed by atoms with Gasteiger partial charge in [-0.05, 0) is 42.8 Å². The summed E-state index contributed by atoms with van der Waals surface area (Å²) in [6.45, 7) is 1.92. The highest BCUT2D eigenvalue weighted by Gasteiger charge is 2.62. The maximum absolute atomic E-state index is 13.8. The number of carbonyl (C=O) groups excluding carboxylic acids is 2. The number of hydrogen-bond acceptors (Lipinski definition) is 7. The van der Waals surface area contributed by atoms with Gasteiger partial charge in [0.05, 0.1) is 25.3 Å². The zero-order valence-corrected chi connectivity index (χ0v) is 19.4. The summed E-state index contributed by atoms with van der Waals surface area (Å²) >= 11 is 0. The molecule has 0 aromatic heterocycles. The maximum Gasteiger partial charge on any atom is 0.355 e. The number of nitrogens with zero attached hydrogens (tertiary/aromatic N) is 2. The molecule has 0 unspecified atom stereocenters. The number of anilines is 1. The fourth-order valence-electron chi connectivity index (χ4n) is 4.56. The summed E-state index contributed by atoms with van der Waals surface area (Å²) in [6, 6.07) is 25.9. The molecule has 3 aromatic carbocycles. The van der Waals surface area contributed by atoms with Crippen LogP contribution in [0.1, 0.15) is 24.0 Å². The third-order valence-electron chi connectivity index (χ3n) is 6.15. The maximum atomic E-state index is 13.8. The highest BCUT2D eigenvalue weighted by atomic mass is 16.5. The Morgan fingerprint density at radius 3 is 2.29 bits per heavy atom. The summed E-state index contributed by atoms with van der Waals surface area (Å²) in [5.74, 6) is -0.783. The van der Waals surface area contributed by atoms with Crippen LogP contribution in [-0.4, -0.2) is 36.9 Å². The van der Waals surface area contributed by atoms with Crippen LogP contribution in [-0.2, 0) is 19.1 Å². The number of rotatable bonds is 6. The van der Waals surface area contributed by atoms with Gasteiger partial charge >= 0.3 is 11.9 Å². The Morgan fingerprint density at radius 1 is 1.00 bits per heavy atom. The quantitative estimate of drug-likeness (QED) is 0.494. The normalized spacial score (nSPS) is 20.9. The van der Waals surface area contributed by atoms with Gasteiger partial charge in [0.1, 0.15) is 11.5 Å². The van der Waals surface area contributed by atoms with E-state index in [1.54, 1.807) is 49.4 Å². The molecule has 2 aliphatic heterocycles. The second kappa shape index (κ2) is 9.10. The van der Waals surface area contributed by atoms with E-state index < -0.39 is 23.4 Å². The van der Waals surface area contributed by atoms with E-state index in [0.717, 1.165) is 11.1 Å². The number of hydrogen-bond donors (Lipinski definition) is 0. The summed E-state index contributed by atoms with van der Waals surface area (Å²) in [5.41, 5.74) is 0.815. The molecule has 1 spiro atoms. The van der Waals surface area contributed by atoms with Crippen molar-refractivity contribution in [2.75, 3.05) is 18.7 Å². The lowest BCUT2D eigenvalue weighted by atomic mass is 9.76. The molecule has 0 fully saturated rings. The second-order valence-electron chi connectivity index (χ2n) is 8.15. The summed E-state index contributed by atoms with van der Waals surface area (Å²) in [6.07, 6.45) is 1.77. The molecule has 2 atom stereocenters. The fraction of sp³-hybridized carbons (Fsp3) is 0.179. The van der Waals surface area contributed by atoms with E-state index in [2.05, 4.69) is 0 Å². The Hall–Kier alpha value is -4.39. The third-order valence-corrected chi connectivity index (χ3v) is 6.15. The van der Waals surface area contributed by atoms with Gasteiger partial charge < -0.3 is 14.2 Å². The molecule has 0 amide bonds. The van der Waals surface area contributed by atoms with Crippen LogP contribution < -0.4 is 9.75 Å². The second-order valence-corrected chi connectivity index (χ2v) is 8.15. The average molecular weight is 469 g/mol. The number of ether oxygens (including phenoxy) is 3. The van der Waals surface area contributed by atoms with E-state index in [1.165, 1.54) is 0 Å². The molecule has 0 radical (unpaired) electrons. The van der Waals surface area contributed by atoms with Crippen molar-refractivity contribution in [1.29, 1.82) is 0 Å². The first kappa shape index (κ1) is 22.4. The number of esters is 2. The highest BCUT2D eigenvalue weighted by Crippen LogP contribution is 2.49. The highest BCUT2D eigenvalue weighted by molar-refractivity contribution is 6.41. The predicted octanol–water partition coefficient (Wildman–Crippen LogP) is 4.55. The molecule has 7 nitrogen and oxygen atoms in total. The average Bonchev–Trinajstić information content (AvgIpc) is 3.43. The van der Waals surface area contributed by atoms with Crippen molar-refractivity contribution in [3.63, 3.8) is 0 Å². The molecule has 0 saturated carbocycles. The molecule has 0 N–H and O–H groups in total. The predicted molar refractivity (Wildman–Crippen MR) is 132 cm³/mol. The zero-order chi connectivity index (χ0) is 24.4. The SMILES string of the molecule is CCOC(=O)C1=NN(c2ccc(OC)cc2)[C@@]2(C=C(c3ccccc3)OC2=O)[C@@H]1c1ccccc1. The van der Waals surface area contributed by atoms with Gasteiger partial charge in [-0.25, -0.2) is 14.6 Å². The first-order chi connectivity index (χ1) is 17.1. The van der Waals surface area contributed by atoms with Crippen molar-refractivity contribution in [1.82, 2.24) is 0 Å². The van der Waals surface area contributed by atoms with Crippen molar-refractivity contribution in [2.24, 2.45) is 5.10 Å². The lowest BCUT2D eigenvalue weighted by molar-refractivity contribution is -0.139. The summed E-state index contributed by atoms with van der Waals surface area (Å²) < 4.78 is 16.5. The third kappa shape index (κ3) is 3.75. The topological polar surface area (TPSA) is 77.4 Å². The number of methoxy groups -OCH3 is 1. The van der Waals surface area contributed by atoms with Crippen molar-refractivity contribution < 1.29 is 23.8 Å². The monoisotopic (exact) mass is 468 g/mol. The number of benzene rings is 3. The molecule has 35 heavy (non-hydrogen) atoms. The van der Waals surface area contributed by atoms with Gasteiger partial charge in [-0.2, -0.15) is 5.10 Å². The van der Waals surface area contributed by atoms with Crippen molar-refractivity contribution in [3.05, 3.63) is 102 Å². The number of cyclic esters (lactones) is 1. The van der Waals surface area contributed by atoms with E-state index in [1.807, 2.05) is 60.7 Å². The van der Waals surface area contributed by atoms with Gasteiger partial charge in [0, 0.05) is 5.56 Å². The summed E-state index contributed by atoms with van der Waals surface area (Å²) in [7, 11) is 1.58. The molecule has 2 heterocycles. The van der Waals surface area contributed by atoms with E-state index in [9.17, 15) is 9.59 Å². The minimum Gasteiger partial charge on any atom is -0.497 e. The molecule has 176 valence electrons. The number of carbonyl (C=O) groups is 2. The molecule has 7 heteroatoms. The van der Waals surface area contributed by atoms with Crippen LogP contribution in [0.2, 0.25) is 0 Å². The Balaban J connectivity index is 1.74. The molecule has 2 aliphatic rings. The molecule has 0 bridgehead atoms. The van der Waals surface area contributed by atoms with Gasteiger partial charge in [-0.3, -0.25) is 0 Å². The smallest absolute Gasteiger partial charge is 0.355 e. The minimum atomic E-state index is -1.43. The standard InChI is InChI=1S/C28H24N2O5/c1-3-34-26(31)25-24(20-12-8-5-9-13-20)28(30(29-25)21-14-16-22(33-2)17-15-21)18-23(35-27(28)32)19-10-6-4-7-11-19/h4-18,24H,3H2,1-2H3/t24-,28+/m1/s1. The minimum absolute atomic E-state index is 0.136. The Labute approximate surface area is 203 Å². The van der Waals surface area contributed by atoms with Crippen LogP contribution in [0, 0.1) is 0 Å². The molecular weight excluding hydrogens is 444 g/mol. The van der Waals surface area contributed by atoms with Crippen LogP contribution in [0.25, 0.3) is 5.76 Å². The number of hydrazone groups is 1. The van der Waals surface area contributed by atoms with E-state index in [4.69, 9.17) is 19.3 Å². The lowest BCUT2D eigenvalue weighted by Crippen LogP contribution is -2.51. The van der Waals surface area contributed by atoms with Crippen LogP contribution in [0.4, 0.5) is 5.69 Å². The van der Waals surface area contributed by atoms with Crippen LogP contribution in [0.5, 0.6) is 5.75 Å². The van der Waals surface area contributed by atoms with Crippen molar-refractivity contribution in [3.8, 4) is 5.75 Å². The lowest BCUT2D eigenvalue weighted by Gasteiger charge is -2.34. The molecule has 3 aromatic rings. The van der Waals surface area contributed by atoms with Crippen molar-refractivity contribution >= 4 is 29.1 Å². The molecule has 0 aliphatic carbocycles. The van der Waals surface area contributed by atoms with Crippen LogP contribution in [0.15, 0.2) is 96.1 Å². The van der Waals surface area contributed by atoms with E-state index in [-0.39, 0.29) is 12.3 Å².